The number of sulfone groups is 1. The molecule has 1 aliphatic heterocycles. The number of carbonyl (C=O) groups is 2. The predicted molar refractivity (Wildman–Crippen MR) is 98.8 cm³/mol. The van der Waals surface area contributed by atoms with Crippen LogP contribution >= 0.6 is 0 Å². The average Bonchev–Trinajstić information content (AvgIpc) is 3.27. The fourth-order valence-electron chi connectivity index (χ4n) is 3.07. The molecule has 2 atom stereocenters. The number of carbonyl (C=O) groups excluding carboxylic acids is 2. The zero-order valence-corrected chi connectivity index (χ0v) is 16.2. The molecular formula is C19H20FNO6S. The molecular weight excluding hydrogens is 389 g/mol. The summed E-state index contributed by atoms with van der Waals surface area (Å²) < 4.78 is 47.5. The lowest BCUT2D eigenvalue weighted by Gasteiger charge is -2.26. The second kappa shape index (κ2) is 7.75. The van der Waals surface area contributed by atoms with E-state index >= 15 is 0 Å². The van der Waals surface area contributed by atoms with Gasteiger partial charge in [0.15, 0.2) is 15.9 Å². The van der Waals surface area contributed by atoms with Gasteiger partial charge in [0, 0.05) is 13.1 Å². The Morgan fingerprint density at radius 3 is 2.61 bits per heavy atom. The number of benzene rings is 1. The zero-order valence-electron chi connectivity index (χ0n) is 15.4. The van der Waals surface area contributed by atoms with Crippen molar-refractivity contribution in [2.75, 3.05) is 18.6 Å². The molecule has 0 spiro atoms. The highest BCUT2D eigenvalue weighted by atomic mass is 32.2. The molecule has 3 rings (SSSR count). The quantitative estimate of drug-likeness (QED) is 0.704. The third kappa shape index (κ3) is 4.24. The molecule has 1 aliphatic rings. The fourth-order valence-corrected chi connectivity index (χ4v) is 4.84. The van der Waals surface area contributed by atoms with Gasteiger partial charge in [-0.2, -0.15) is 0 Å². The van der Waals surface area contributed by atoms with E-state index in [1.807, 2.05) is 0 Å². The number of furan rings is 1. The third-order valence-electron chi connectivity index (χ3n) is 4.68. The van der Waals surface area contributed by atoms with Gasteiger partial charge in [-0.05, 0) is 37.6 Å². The van der Waals surface area contributed by atoms with Crippen LogP contribution in [0.3, 0.4) is 0 Å². The van der Waals surface area contributed by atoms with Gasteiger partial charge in [-0.25, -0.2) is 17.6 Å². The Hall–Kier alpha value is -2.68. The highest BCUT2D eigenvalue weighted by Crippen LogP contribution is 2.25. The van der Waals surface area contributed by atoms with E-state index in [1.165, 1.54) is 49.2 Å². The predicted octanol–water partition coefficient (Wildman–Crippen LogP) is 2.28. The number of likely N-dealkylation sites (N-methyl/N-ethyl adjacent to an activating group) is 1. The summed E-state index contributed by atoms with van der Waals surface area (Å²) in [6.07, 6.45) is -0.766. The molecule has 2 heterocycles. The summed E-state index contributed by atoms with van der Waals surface area (Å²) in [5.41, 5.74) is 0.202. The van der Waals surface area contributed by atoms with Crippen molar-refractivity contribution in [1.82, 2.24) is 4.90 Å². The molecule has 1 fully saturated rings. The lowest BCUT2D eigenvalue weighted by molar-refractivity contribution is -0.140. The standard InChI is InChI=1S/C19H20FNO6S/c1-12(18(22)21(2)13-9-10-28(24,25)11-13)26-19(23)17-8-7-16(27-17)14-5-3-4-6-15(14)20/h3-8,12-13H,9-11H2,1-2H3/t12-,13-/m1/s1. The van der Waals surface area contributed by atoms with Crippen LogP contribution in [0.25, 0.3) is 11.3 Å². The van der Waals surface area contributed by atoms with E-state index in [-0.39, 0.29) is 28.6 Å². The summed E-state index contributed by atoms with van der Waals surface area (Å²) in [7, 11) is -1.65. The summed E-state index contributed by atoms with van der Waals surface area (Å²) in [4.78, 5) is 26.0. The number of nitrogens with zero attached hydrogens (tertiary/aromatic N) is 1. The summed E-state index contributed by atoms with van der Waals surface area (Å²) in [5, 5.41) is 0. The molecule has 1 amide bonds. The molecule has 28 heavy (non-hydrogen) atoms. The summed E-state index contributed by atoms with van der Waals surface area (Å²) >= 11 is 0. The minimum Gasteiger partial charge on any atom is -0.449 e. The van der Waals surface area contributed by atoms with Gasteiger partial charge in [-0.3, -0.25) is 4.79 Å². The van der Waals surface area contributed by atoms with E-state index in [9.17, 15) is 22.4 Å². The van der Waals surface area contributed by atoms with Gasteiger partial charge in [0.05, 0.1) is 17.1 Å². The normalized spacial score (nSPS) is 19.2. The first-order valence-corrected chi connectivity index (χ1v) is 10.5. The highest BCUT2D eigenvalue weighted by Gasteiger charge is 2.35. The van der Waals surface area contributed by atoms with E-state index in [0.717, 1.165) is 0 Å². The van der Waals surface area contributed by atoms with Crippen molar-refractivity contribution < 1.29 is 31.6 Å². The van der Waals surface area contributed by atoms with Gasteiger partial charge < -0.3 is 14.1 Å². The lowest BCUT2D eigenvalue weighted by Crippen LogP contribution is -2.44. The van der Waals surface area contributed by atoms with E-state index in [1.54, 1.807) is 6.07 Å². The smallest absolute Gasteiger partial charge is 0.375 e. The van der Waals surface area contributed by atoms with Gasteiger partial charge in [0.1, 0.15) is 11.6 Å². The first-order chi connectivity index (χ1) is 13.2. The van der Waals surface area contributed by atoms with E-state index < -0.39 is 39.7 Å². The van der Waals surface area contributed by atoms with Gasteiger partial charge in [0.2, 0.25) is 5.76 Å². The second-order valence-electron chi connectivity index (χ2n) is 6.70. The largest absolute Gasteiger partial charge is 0.449 e. The van der Waals surface area contributed by atoms with Crippen molar-refractivity contribution in [2.24, 2.45) is 0 Å². The number of hydrogen-bond acceptors (Lipinski definition) is 6. The maximum Gasteiger partial charge on any atom is 0.375 e. The van der Waals surface area contributed by atoms with Crippen LogP contribution in [0.15, 0.2) is 40.8 Å². The molecule has 150 valence electrons. The maximum absolute atomic E-state index is 13.8. The fraction of sp³-hybridized carbons (Fsp3) is 0.368. The Morgan fingerprint density at radius 2 is 1.96 bits per heavy atom. The Labute approximate surface area is 162 Å². The van der Waals surface area contributed by atoms with Gasteiger partial charge in [-0.1, -0.05) is 12.1 Å². The number of ether oxygens (including phenoxy) is 1. The molecule has 0 aliphatic carbocycles. The molecule has 2 aromatic rings. The van der Waals surface area contributed by atoms with Gasteiger partial charge in [0.25, 0.3) is 5.91 Å². The number of halogens is 1. The first kappa shape index (κ1) is 20.1. The van der Waals surface area contributed by atoms with Crippen LogP contribution in [0.5, 0.6) is 0 Å². The van der Waals surface area contributed by atoms with Crippen LogP contribution in [-0.2, 0) is 19.4 Å². The number of amides is 1. The molecule has 0 saturated carbocycles. The average molecular weight is 409 g/mol. The van der Waals surface area contributed by atoms with Gasteiger partial charge >= 0.3 is 5.97 Å². The molecule has 1 aromatic heterocycles. The van der Waals surface area contributed by atoms with Crippen molar-refractivity contribution in [3.63, 3.8) is 0 Å². The molecule has 0 bridgehead atoms. The van der Waals surface area contributed by atoms with E-state index in [0.29, 0.717) is 6.42 Å². The molecule has 0 radical (unpaired) electrons. The van der Waals surface area contributed by atoms with Crippen molar-refractivity contribution in [3.8, 4) is 11.3 Å². The molecule has 1 saturated heterocycles. The Morgan fingerprint density at radius 1 is 1.25 bits per heavy atom. The van der Waals surface area contributed by atoms with Crippen LogP contribution in [0.2, 0.25) is 0 Å². The second-order valence-corrected chi connectivity index (χ2v) is 8.93. The van der Waals surface area contributed by atoms with Crippen molar-refractivity contribution >= 4 is 21.7 Å². The van der Waals surface area contributed by atoms with Crippen molar-refractivity contribution in [3.05, 3.63) is 48.0 Å². The topological polar surface area (TPSA) is 93.9 Å². The molecule has 7 nitrogen and oxygen atoms in total. The SMILES string of the molecule is C[C@@H](OC(=O)c1ccc(-c2ccccc2F)o1)C(=O)N(C)[C@@H]1CCS(=O)(=O)C1. The summed E-state index contributed by atoms with van der Waals surface area (Å²) in [6, 6.07) is 8.31. The Kier molecular flexibility index (Phi) is 5.55. The Bertz CT molecular complexity index is 999. The van der Waals surface area contributed by atoms with Crippen LogP contribution < -0.4 is 0 Å². The van der Waals surface area contributed by atoms with Crippen molar-refractivity contribution in [1.29, 1.82) is 0 Å². The highest BCUT2D eigenvalue weighted by molar-refractivity contribution is 7.91. The lowest BCUT2D eigenvalue weighted by atomic mass is 10.1. The first-order valence-electron chi connectivity index (χ1n) is 8.71. The Balaban J connectivity index is 1.64. The van der Waals surface area contributed by atoms with Gasteiger partial charge in [-0.15, -0.1) is 0 Å². The maximum atomic E-state index is 13.8. The van der Waals surface area contributed by atoms with Crippen molar-refractivity contribution in [2.45, 2.75) is 25.5 Å². The van der Waals surface area contributed by atoms with Crippen LogP contribution in [-0.4, -0.2) is 55.9 Å². The molecule has 9 heteroatoms. The number of hydrogen-bond donors (Lipinski definition) is 0. The minimum absolute atomic E-state index is 0.0364. The van der Waals surface area contributed by atoms with E-state index in [4.69, 9.17) is 9.15 Å². The molecule has 0 N–H and O–H groups in total. The molecule has 0 unspecified atom stereocenters. The minimum atomic E-state index is -3.14. The monoisotopic (exact) mass is 409 g/mol. The summed E-state index contributed by atoms with van der Waals surface area (Å²) in [6.45, 7) is 1.40. The third-order valence-corrected chi connectivity index (χ3v) is 6.43. The number of rotatable bonds is 5. The van der Waals surface area contributed by atoms with E-state index in [2.05, 4.69) is 0 Å². The molecule has 1 aromatic carbocycles. The van der Waals surface area contributed by atoms with Crippen LogP contribution in [0, 0.1) is 5.82 Å². The number of esters is 1. The van der Waals surface area contributed by atoms with Crippen LogP contribution in [0.1, 0.15) is 23.9 Å². The zero-order chi connectivity index (χ0) is 20.5. The summed E-state index contributed by atoms with van der Waals surface area (Å²) in [5.74, 6) is -1.92. The van der Waals surface area contributed by atoms with Crippen LogP contribution in [0.4, 0.5) is 4.39 Å².